The lowest BCUT2D eigenvalue weighted by Gasteiger charge is -1.91. The van der Waals surface area contributed by atoms with Gasteiger partial charge in [-0.15, -0.1) is 0 Å². The van der Waals surface area contributed by atoms with Crippen molar-refractivity contribution >= 4 is 11.9 Å². The fourth-order valence-corrected chi connectivity index (χ4v) is 1.41. The van der Waals surface area contributed by atoms with Crippen molar-refractivity contribution in [2.45, 2.75) is 6.54 Å². The standard InChI is InChI=1S/C12H11N3O2/c16-15(17)12-8-10-14(13-12)9-4-7-11-5-2-1-3-6-11/h1-8,10H,9H2/b7-4+. The molecule has 0 fully saturated rings. The van der Waals surface area contributed by atoms with Gasteiger partial charge in [0.2, 0.25) is 0 Å². The molecule has 2 aromatic rings. The Balaban J connectivity index is 1.98. The van der Waals surface area contributed by atoms with Crippen LogP contribution in [0, 0.1) is 10.1 Å². The molecule has 0 bridgehead atoms. The Morgan fingerprint density at radius 2 is 2.06 bits per heavy atom. The lowest BCUT2D eigenvalue weighted by molar-refractivity contribution is -0.389. The lowest BCUT2D eigenvalue weighted by atomic mass is 10.2. The topological polar surface area (TPSA) is 61.0 Å². The molecule has 0 saturated carbocycles. The van der Waals surface area contributed by atoms with Crippen LogP contribution < -0.4 is 0 Å². The van der Waals surface area contributed by atoms with E-state index in [0.717, 1.165) is 5.56 Å². The molecule has 1 aromatic heterocycles. The van der Waals surface area contributed by atoms with Gasteiger partial charge in [-0.1, -0.05) is 42.5 Å². The molecule has 17 heavy (non-hydrogen) atoms. The molecule has 5 heteroatoms. The van der Waals surface area contributed by atoms with Gasteiger partial charge >= 0.3 is 5.82 Å². The maximum atomic E-state index is 10.4. The third-order valence-corrected chi connectivity index (χ3v) is 2.22. The summed E-state index contributed by atoms with van der Waals surface area (Å²) in [6.45, 7) is 0.517. The molecule has 0 unspecified atom stereocenters. The molecule has 1 heterocycles. The number of nitro groups is 1. The van der Waals surface area contributed by atoms with Crippen LogP contribution in [0.25, 0.3) is 6.08 Å². The highest BCUT2D eigenvalue weighted by Crippen LogP contribution is 2.06. The summed E-state index contributed by atoms with van der Waals surface area (Å²) < 4.78 is 1.53. The molecule has 0 atom stereocenters. The van der Waals surface area contributed by atoms with Crippen molar-refractivity contribution in [1.82, 2.24) is 9.78 Å². The molecule has 0 N–H and O–H groups in total. The summed E-state index contributed by atoms with van der Waals surface area (Å²) in [6, 6.07) is 11.2. The molecule has 0 aliphatic heterocycles. The van der Waals surface area contributed by atoms with Crippen molar-refractivity contribution in [2.75, 3.05) is 0 Å². The van der Waals surface area contributed by atoms with Gasteiger partial charge in [-0.05, 0) is 10.5 Å². The van der Waals surface area contributed by atoms with Crippen LogP contribution in [0.5, 0.6) is 0 Å². The first-order valence-electron chi connectivity index (χ1n) is 5.15. The first-order valence-corrected chi connectivity index (χ1v) is 5.15. The Morgan fingerprint density at radius 3 is 2.71 bits per heavy atom. The van der Waals surface area contributed by atoms with E-state index in [0.29, 0.717) is 6.54 Å². The van der Waals surface area contributed by atoms with E-state index in [1.165, 1.54) is 10.7 Å². The molecular weight excluding hydrogens is 218 g/mol. The molecule has 0 amide bonds. The monoisotopic (exact) mass is 229 g/mol. The summed E-state index contributed by atoms with van der Waals surface area (Å²) in [5, 5.41) is 14.2. The summed E-state index contributed by atoms with van der Waals surface area (Å²) in [6.07, 6.45) is 5.45. The van der Waals surface area contributed by atoms with Gasteiger partial charge in [0.25, 0.3) is 0 Å². The van der Waals surface area contributed by atoms with E-state index >= 15 is 0 Å². The zero-order chi connectivity index (χ0) is 12.1. The predicted octanol–water partition coefficient (Wildman–Crippen LogP) is 2.50. The maximum absolute atomic E-state index is 10.4. The quantitative estimate of drug-likeness (QED) is 0.597. The van der Waals surface area contributed by atoms with Crippen molar-refractivity contribution < 1.29 is 4.92 Å². The van der Waals surface area contributed by atoms with Crippen molar-refractivity contribution in [3.8, 4) is 0 Å². The second-order valence-electron chi connectivity index (χ2n) is 3.47. The molecule has 2 rings (SSSR count). The molecule has 1 aromatic carbocycles. The highest BCUT2D eigenvalue weighted by molar-refractivity contribution is 5.48. The fraction of sp³-hybridized carbons (Fsp3) is 0.0833. The first-order chi connectivity index (χ1) is 8.25. The van der Waals surface area contributed by atoms with Crippen molar-refractivity contribution in [2.24, 2.45) is 0 Å². The van der Waals surface area contributed by atoms with E-state index in [1.54, 1.807) is 6.20 Å². The van der Waals surface area contributed by atoms with E-state index in [4.69, 9.17) is 0 Å². The molecule has 0 aliphatic rings. The fourth-order valence-electron chi connectivity index (χ4n) is 1.41. The van der Waals surface area contributed by atoms with Gasteiger partial charge in [-0.25, -0.2) is 0 Å². The van der Waals surface area contributed by atoms with Crippen molar-refractivity contribution in [1.29, 1.82) is 0 Å². The Labute approximate surface area is 98.2 Å². The van der Waals surface area contributed by atoms with E-state index in [-0.39, 0.29) is 5.82 Å². The minimum atomic E-state index is -0.503. The summed E-state index contributed by atoms with van der Waals surface area (Å²) in [4.78, 5) is 9.92. The number of allylic oxidation sites excluding steroid dienone is 1. The summed E-state index contributed by atoms with van der Waals surface area (Å²) in [5.41, 5.74) is 1.09. The minimum Gasteiger partial charge on any atom is -0.358 e. The van der Waals surface area contributed by atoms with Crippen molar-refractivity contribution in [3.63, 3.8) is 0 Å². The number of hydrogen-bond acceptors (Lipinski definition) is 3. The maximum Gasteiger partial charge on any atom is 0.389 e. The smallest absolute Gasteiger partial charge is 0.358 e. The number of aromatic nitrogens is 2. The van der Waals surface area contributed by atoms with Crippen LogP contribution in [0.1, 0.15) is 5.56 Å². The Morgan fingerprint density at radius 1 is 1.29 bits per heavy atom. The summed E-state index contributed by atoms with van der Waals surface area (Å²) >= 11 is 0. The largest absolute Gasteiger partial charge is 0.389 e. The number of rotatable bonds is 4. The number of hydrogen-bond donors (Lipinski definition) is 0. The average Bonchev–Trinajstić information content (AvgIpc) is 2.79. The van der Waals surface area contributed by atoms with E-state index in [1.807, 2.05) is 42.5 Å². The minimum absolute atomic E-state index is 0.127. The zero-order valence-electron chi connectivity index (χ0n) is 9.06. The van der Waals surface area contributed by atoms with Crippen LogP contribution in [-0.2, 0) is 6.54 Å². The summed E-state index contributed by atoms with van der Waals surface area (Å²) in [5.74, 6) is -0.127. The van der Waals surface area contributed by atoms with Gasteiger partial charge in [0.05, 0.1) is 23.9 Å². The molecular formula is C12H11N3O2. The van der Waals surface area contributed by atoms with Crippen LogP contribution in [0.2, 0.25) is 0 Å². The van der Waals surface area contributed by atoms with Crippen LogP contribution in [-0.4, -0.2) is 14.7 Å². The lowest BCUT2D eigenvalue weighted by Crippen LogP contribution is -1.97. The molecule has 86 valence electrons. The molecule has 0 radical (unpaired) electrons. The Kier molecular flexibility index (Phi) is 3.30. The van der Waals surface area contributed by atoms with Gasteiger partial charge in [-0.2, -0.15) is 4.68 Å². The van der Waals surface area contributed by atoms with Gasteiger partial charge < -0.3 is 10.1 Å². The van der Waals surface area contributed by atoms with Gasteiger partial charge in [-0.3, -0.25) is 0 Å². The third-order valence-electron chi connectivity index (χ3n) is 2.22. The third kappa shape index (κ3) is 3.01. The highest BCUT2D eigenvalue weighted by atomic mass is 16.6. The second-order valence-corrected chi connectivity index (χ2v) is 3.47. The molecule has 0 saturated heterocycles. The average molecular weight is 229 g/mol. The van der Waals surface area contributed by atoms with Crippen LogP contribution in [0.4, 0.5) is 5.82 Å². The first kappa shape index (κ1) is 11.1. The van der Waals surface area contributed by atoms with E-state index in [9.17, 15) is 10.1 Å². The van der Waals surface area contributed by atoms with Gasteiger partial charge in [0.1, 0.15) is 0 Å². The zero-order valence-corrected chi connectivity index (χ0v) is 9.06. The van der Waals surface area contributed by atoms with E-state index in [2.05, 4.69) is 5.10 Å². The number of benzene rings is 1. The van der Waals surface area contributed by atoms with Crippen molar-refractivity contribution in [3.05, 3.63) is 64.3 Å². The normalized spacial score (nSPS) is 10.8. The van der Waals surface area contributed by atoms with E-state index < -0.39 is 4.92 Å². The SMILES string of the molecule is O=[N+]([O-])c1ccn(C/C=C/c2ccccc2)n1. The Hall–Kier alpha value is -2.43. The van der Waals surface area contributed by atoms with Crippen LogP contribution in [0.3, 0.4) is 0 Å². The van der Waals surface area contributed by atoms with Gasteiger partial charge in [0, 0.05) is 0 Å². The number of nitrogens with zero attached hydrogens (tertiary/aromatic N) is 3. The second kappa shape index (κ2) is 5.07. The predicted molar refractivity (Wildman–Crippen MR) is 64.4 cm³/mol. The van der Waals surface area contributed by atoms with Crippen LogP contribution in [0.15, 0.2) is 48.7 Å². The molecule has 5 nitrogen and oxygen atoms in total. The highest BCUT2D eigenvalue weighted by Gasteiger charge is 2.08. The van der Waals surface area contributed by atoms with Gasteiger partial charge in [0.15, 0.2) is 0 Å². The molecule has 0 aliphatic carbocycles. The molecule has 0 spiro atoms. The van der Waals surface area contributed by atoms with Crippen LogP contribution >= 0.6 is 0 Å². The summed E-state index contributed by atoms with van der Waals surface area (Å²) in [7, 11) is 0. The Bertz CT molecular complexity index is 532.